The first kappa shape index (κ1) is 21.5. The van der Waals surface area contributed by atoms with E-state index in [1.54, 1.807) is 20.9 Å². The maximum Gasteiger partial charge on any atom is 0.326 e. The van der Waals surface area contributed by atoms with E-state index in [2.05, 4.69) is 29.0 Å². The van der Waals surface area contributed by atoms with Crippen LogP contribution in [0.15, 0.2) is 63.3 Å². The van der Waals surface area contributed by atoms with Crippen molar-refractivity contribution in [1.82, 2.24) is 28.7 Å². The molecular weight excluding hydrogens is 436 g/mol. The van der Waals surface area contributed by atoms with Crippen molar-refractivity contribution in [3.63, 3.8) is 0 Å². The van der Waals surface area contributed by atoms with E-state index in [1.165, 1.54) is 0 Å². The van der Waals surface area contributed by atoms with E-state index >= 15 is 0 Å². The van der Waals surface area contributed by atoms with Gasteiger partial charge >= 0.3 is 5.69 Å². The molecule has 2 aromatic carbocycles. The highest BCUT2D eigenvalue weighted by molar-refractivity contribution is 7.99. The molecule has 0 bridgehead atoms. The lowest BCUT2D eigenvalue weighted by atomic mass is 10.1. The Balaban J connectivity index is 1.42. The summed E-state index contributed by atoms with van der Waals surface area (Å²) in [4.78, 5) is 28.3. The van der Waals surface area contributed by atoms with Gasteiger partial charge in [0.05, 0.1) is 21.9 Å². The van der Waals surface area contributed by atoms with E-state index in [0.717, 1.165) is 40.3 Å². The number of nitrogens with one attached hydrogen (secondary N) is 1. The van der Waals surface area contributed by atoms with E-state index in [0.29, 0.717) is 30.2 Å². The maximum atomic E-state index is 13.1. The highest BCUT2D eigenvalue weighted by atomic mass is 32.2. The van der Waals surface area contributed by atoms with Crippen LogP contribution < -0.4 is 11.2 Å². The Morgan fingerprint density at radius 1 is 0.939 bits per heavy atom. The van der Waals surface area contributed by atoms with Gasteiger partial charge in [0, 0.05) is 18.8 Å². The molecule has 0 spiro atoms. The summed E-state index contributed by atoms with van der Waals surface area (Å²) >= 11 is 1.59. The van der Waals surface area contributed by atoms with Crippen LogP contribution in [0.25, 0.3) is 27.7 Å². The minimum Gasteiger partial charge on any atom is -0.306 e. The molecule has 0 fully saturated rings. The number of hydrogen-bond donors (Lipinski definition) is 1. The fourth-order valence-corrected chi connectivity index (χ4v) is 4.99. The number of aryl methyl sites for hydroxylation is 2. The van der Waals surface area contributed by atoms with Crippen molar-refractivity contribution in [3.8, 4) is 0 Å². The van der Waals surface area contributed by atoms with Crippen molar-refractivity contribution >= 4 is 39.5 Å². The predicted molar refractivity (Wildman–Crippen MR) is 132 cm³/mol. The second-order valence-corrected chi connectivity index (χ2v) is 9.64. The number of aromatic amines is 1. The molecule has 3 heterocycles. The smallest absolute Gasteiger partial charge is 0.306 e. The Morgan fingerprint density at radius 2 is 1.70 bits per heavy atom. The maximum absolute atomic E-state index is 13.1. The largest absolute Gasteiger partial charge is 0.326 e. The number of rotatable bonds is 8. The summed E-state index contributed by atoms with van der Waals surface area (Å²) in [7, 11) is 0. The van der Waals surface area contributed by atoms with Gasteiger partial charge in [-0.3, -0.25) is 18.3 Å². The van der Waals surface area contributed by atoms with Crippen molar-refractivity contribution in [2.24, 2.45) is 5.92 Å². The summed E-state index contributed by atoms with van der Waals surface area (Å²) < 4.78 is 5.50. The number of imidazole rings is 1. The lowest BCUT2D eigenvalue weighted by molar-refractivity contribution is 0.512. The standard InChI is InChI=1S/C24H26N6O2S/c1-16(2)12-14-29-21(31)17-8-3-5-10-19(17)30-22(29)26-27-24(30)33-15-7-13-28-20-11-6-4-9-18(20)25-23(28)32/h3-6,8-11,16H,7,12-15H2,1-2H3,(H,25,32). The molecule has 0 aliphatic rings. The van der Waals surface area contributed by atoms with Gasteiger partial charge in [-0.15, -0.1) is 10.2 Å². The van der Waals surface area contributed by atoms with Crippen LogP contribution in [0.4, 0.5) is 0 Å². The first-order valence-electron chi connectivity index (χ1n) is 11.2. The van der Waals surface area contributed by atoms with Crippen LogP contribution in [0.1, 0.15) is 26.7 Å². The Bertz CT molecular complexity index is 1560. The van der Waals surface area contributed by atoms with Crippen molar-refractivity contribution in [2.45, 2.75) is 44.9 Å². The van der Waals surface area contributed by atoms with Crippen LogP contribution in [0.5, 0.6) is 0 Å². The molecule has 33 heavy (non-hydrogen) atoms. The molecule has 0 atom stereocenters. The second kappa shape index (κ2) is 8.90. The van der Waals surface area contributed by atoms with Crippen molar-refractivity contribution in [2.75, 3.05) is 5.75 Å². The highest BCUT2D eigenvalue weighted by Crippen LogP contribution is 2.23. The van der Waals surface area contributed by atoms with Crippen LogP contribution in [-0.4, -0.2) is 34.5 Å². The number of benzene rings is 2. The second-order valence-electron chi connectivity index (χ2n) is 8.58. The van der Waals surface area contributed by atoms with Gasteiger partial charge in [0.1, 0.15) is 0 Å². The molecule has 170 valence electrons. The monoisotopic (exact) mass is 462 g/mol. The number of aromatic nitrogens is 6. The summed E-state index contributed by atoms with van der Waals surface area (Å²) in [5.74, 6) is 1.83. The zero-order chi connectivity index (χ0) is 22.9. The molecule has 0 aliphatic carbocycles. The van der Waals surface area contributed by atoms with Gasteiger partial charge in [-0.05, 0) is 43.0 Å². The van der Waals surface area contributed by atoms with Gasteiger partial charge in [-0.1, -0.05) is 49.9 Å². The first-order chi connectivity index (χ1) is 16.0. The molecule has 5 aromatic rings. The Kier molecular flexibility index (Phi) is 5.80. The van der Waals surface area contributed by atoms with Gasteiger partial charge in [-0.25, -0.2) is 4.79 Å². The zero-order valence-corrected chi connectivity index (χ0v) is 19.5. The number of para-hydroxylation sites is 3. The SMILES string of the molecule is CC(C)CCn1c(=O)c2ccccc2n2c(SCCCn3c(=O)[nH]c4ccccc43)nnc12. The van der Waals surface area contributed by atoms with E-state index in [-0.39, 0.29) is 11.2 Å². The van der Waals surface area contributed by atoms with E-state index in [9.17, 15) is 9.59 Å². The van der Waals surface area contributed by atoms with Crippen LogP contribution in [0.3, 0.4) is 0 Å². The van der Waals surface area contributed by atoms with Crippen LogP contribution in [0.2, 0.25) is 0 Å². The Morgan fingerprint density at radius 3 is 2.52 bits per heavy atom. The van der Waals surface area contributed by atoms with Crippen LogP contribution >= 0.6 is 11.8 Å². The summed E-state index contributed by atoms with van der Waals surface area (Å²) in [6.07, 6.45) is 1.69. The number of H-pyrrole nitrogens is 1. The van der Waals surface area contributed by atoms with E-state index in [4.69, 9.17) is 0 Å². The third-order valence-electron chi connectivity index (χ3n) is 5.85. The molecule has 5 rings (SSSR count). The Labute approximate surface area is 194 Å². The highest BCUT2D eigenvalue weighted by Gasteiger charge is 2.17. The number of hydrogen-bond acceptors (Lipinski definition) is 5. The molecule has 3 aromatic heterocycles. The van der Waals surface area contributed by atoms with Crippen LogP contribution in [0, 0.1) is 5.92 Å². The Hall–Kier alpha value is -3.33. The summed E-state index contributed by atoms with van der Waals surface area (Å²) in [6.45, 7) is 5.52. The summed E-state index contributed by atoms with van der Waals surface area (Å²) in [5.41, 5.74) is 2.47. The van der Waals surface area contributed by atoms with Crippen molar-refractivity contribution in [1.29, 1.82) is 0 Å². The van der Waals surface area contributed by atoms with E-state index < -0.39 is 0 Å². The van der Waals surface area contributed by atoms with Crippen LogP contribution in [-0.2, 0) is 13.1 Å². The number of nitrogens with zero attached hydrogens (tertiary/aromatic N) is 5. The number of thioether (sulfide) groups is 1. The fourth-order valence-electron chi connectivity index (χ4n) is 4.13. The molecule has 0 radical (unpaired) electrons. The third-order valence-corrected chi connectivity index (χ3v) is 6.86. The third kappa shape index (κ3) is 3.97. The first-order valence-corrected chi connectivity index (χ1v) is 12.2. The van der Waals surface area contributed by atoms with E-state index in [1.807, 2.05) is 52.9 Å². The molecule has 0 amide bonds. The minimum absolute atomic E-state index is 0.0265. The average Bonchev–Trinajstić information content (AvgIpc) is 3.37. The minimum atomic E-state index is -0.0886. The quantitative estimate of drug-likeness (QED) is 0.279. The summed E-state index contributed by atoms with van der Waals surface area (Å²) in [6, 6.07) is 15.3. The molecule has 9 heteroatoms. The predicted octanol–water partition coefficient (Wildman–Crippen LogP) is 3.92. The fraction of sp³-hybridized carbons (Fsp3) is 0.333. The average molecular weight is 463 g/mol. The normalized spacial score (nSPS) is 12.0. The van der Waals surface area contributed by atoms with Gasteiger partial charge < -0.3 is 4.98 Å². The molecule has 0 saturated heterocycles. The molecule has 0 aliphatic heterocycles. The lowest BCUT2D eigenvalue weighted by Gasteiger charge is -2.12. The van der Waals surface area contributed by atoms with Gasteiger partial charge in [0.15, 0.2) is 5.16 Å². The molecule has 1 N–H and O–H groups in total. The molecule has 8 nitrogen and oxygen atoms in total. The van der Waals surface area contributed by atoms with Gasteiger partial charge in [0.25, 0.3) is 5.56 Å². The lowest BCUT2D eigenvalue weighted by Crippen LogP contribution is -2.24. The summed E-state index contributed by atoms with van der Waals surface area (Å²) in [5, 5.41) is 10.2. The zero-order valence-electron chi connectivity index (χ0n) is 18.7. The molecule has 0 saturated carbocycles. The van der Waals surface area contributed by atoms with Gasteiger partial charge in [0.2, 0.25) is 5.78 Å². The van der Waals surface area contributed by atoms with Gasteiger partial charge in [-0.2, -0.15) is 0 Å². The van der Waals surface area contributed by atoms with Crippen molar-refractivity contribution < 1.29 is 0 Å². The molecule has 0 unspecified atom stereocenters. The van der Waals surface area contributed by atoms with Crippen molar-refractivity contribution in [3.05, 3.63) is 69.4 Å². The molecular formula is C24H26N6O2S. The number of fused-ring (bicyclic) bond motifs is 4. The topological polar surface area (TPSA) is 90.0 Å².